The van der Waals surface area contributed by atoms with E-state index in [0.717, 1.165) is 0 Å². The third-order valence-corrected chi connectivity index (χ3v) is 5.59. The first-order valence-electron chi connectivity index (χ1n) is 6.83. The van der Waals surface area contributed by atoms with Gasteiger partial charge in [0.2, 0.25) is 0 Å². The van der Waals surface area contributed by atoms with Crippen LogP contribution in [0.1, 0.15) is 29.7 Å². The van der Waals surface area contributed by atoms with Gasteiger partial charge in [-0.25, -0.2) is 8.42 Å². The van der Waals surface area contributed by atoms with Gasteiger partial charge in [0.25, 0.3) is 5.69 Å². The molecule has 0 amide bonds. The minimum atomic E-state index is -2.88. The van der Waals surface area contributed by atoms with Gasteiger partial charge < -0.3 is 5.32 Å². The van der Waals surface area contributed by atoms with Gasteiger partial charge in [0.15, 0.2) is 0 Å². The van der Waals surface area contributed by atoms with Crippen LogP contribution in [0.15, 0.2) is 6.20 Å². The Morgan fingerprint density at radius 2 is 2.00 bits per heavy atom. The summed E-state index contributed by atoms with van der Waals surface area (Å²) in [5.74, 6) is 0.399. The van der Waals surface area contributed by atoms with Crippen LogP contribution >= 0.6 is 0 Å². The number of aromatic nitrogens is 1. The quantitative estimate of drug-likeness (QED) is 0.663. The molecule has 1 aromatic heterocycles. The summed E-state index contributed by atoms with van der Waals surface area (Å²) in [6.07, 6.45) is 2.66. The number of hydrogen-bond donors (Lipinski definition) is 1. The maximum absolute atomic E-state index is 11.4. The first-order chi connectivity index (χ1) is 9.80. The van der Waals surface area contributed by atoms with Gasteiger partial charge in [-0.1, -0.05) is 0 Å². The molecule has 0 aromatic carbocycles. The average Bonchev–Trinajstić information content (AvgIpc) is 2.39. The lowest BCUT2D eigenvalue weighted by Crippen LogP contribution is -2.37. The number of pyridine rings is 1. The van der Waals surface area contributed by atoms with Gasteiger partial charge in [0, 0.05) is 29.9 Å². The van der Waals surface area contributed by atoms with E-state index in [0.29, 0.717) is 36.2 Å². The van der Waals surface area contributed by atoms with Gasteiger partial charge in [-0.15, -0.1) is 0 Å². The average molecular weight is 313 g/mol. The number of aryl methyl sites for hydroxylation is 1. The van der Waals surface area contributed by atoms with Crippen molar-refractivity contribution >= 4 is 15.5 Å². The van der Waals surface area contributed by atoms with Gasteiger partial charge in [0.05, 0.1) is 22.1 Å². The van der Waals surface area contributed by atoms with Gasteiger partial charge in [-0.05, 0) is 26.7 Å². The molecular formula is C13H19N3O4S. The number of rotatable bonds is 4. The van der Waals surface area contributed by atoms with Crippen molar-refractivity contribution < 1.29 is 13.3 Å². The Hall–Kier alpha value is -1.54. The minimum absolute atomic E-state index is 0.105. The fraction of sp³-hybridized carbons (Fsp3) is 0.615. The second-order valence-corrected chi connectivity index (χ2v) is 7.73. The molecule has 1 aliphatic heterocycles. The lowest BCUT2D eigenvalue weighted by Gasteiger charge is -2.23. The van der Waals surface area contributed by atoms with Gasteiger partial charge in [-0.2, -0.15) is 0 Å². The zero-order chi connectivity index (χ0) is 15.6. The first-order valence-corrected chi connectivity index (χ1v) is 8.65. The Kier molecular flexibility index (Phi) is 4.58. The Morgan fingerprint density at radius 1 is 1.38 bits per heavy atom. The van der Waals surface area contributed by atoms with Gasteiger partial charge in [0.1, 0.15) is 9.84 Å². The van der Waals surface area contributed by atoms with E-state index in [-0.39, 0.29) is 28.2 Å². The molecule has 7 nitrogen and oxygen atoms in total. The van der Waals surface area contributed by atoms with E-state index < -0.39 is 9.84 Å². The lowest BCUT2D eigenvalue weighted by molar-refractivity contribution is -0.386. The summed E-state index contributed by atoms with van der Waals surface area (Å²) in [5.41, 5.74) is 1.86. The van der Waals surface area contributed by atoms with Gasteiger partial charge >= 0.3 is 0 Å². The number of sulfone groups is 1. The Bertz CT molecular complexity index is 644. The molecule has 2 rings (SSSR count). The van der Waals surface area contributed by atoms with Crippen LogP contribution in [-0.4, -0.2) is 35.9 Å². The molecule has 116 valence electrons. The summed E-state index contributed by atoms with van der Waals surface area (Å²) >= 11 is 0. The highest BCUT2D eigenvalue weighted by Gasteiger charge is 2.24. The molecule has 0 bridgehead atoms. The van der Waals surface area contributed by atoms with Crippen molar-refractivity contribution in [2.24, 2.45) is 0 Å². The summed E-state index contributed by atoms with van der Waals surface area (Å²) in [6, 6.07) is 0.120. The Balaban J connectivity index is 2.04. The molecule has 1 aliphatic rings. The maximum atomic E-state index is 11.4. The zero-order valence-electron chi connectivity index (χ0n) is 12.1. The second-order valence-electron chi connectivity index (χ2n) is 5.43. The van der Waals surface area contributed by atoms with Crippen LogP contribution in [0.5, 0.6) is 0 Å². The molecule has 0 saturated carbocycles. The van der Waals surface area contributed by atoms with Crippen molar-refractivity contribution in [3.05, 3.63) is 33.1 Å². The van der Waals surface area contributed by atoms with Crippen molar-refractivity contribution in [1.29, 1.82) is 0 Å². The fourth-order valence-electron chi connectivity index (χ4n) is 2.56. The van der Waals surface area contributed by atoms with Crippen LogP contribution < -0.4 is 5.32 Å². The van der Waals surface area contributed by atoms with Crippen LogP contribution in [0, 0.1) is 24.0 Å². The highest BCUT2D eigenvalue weighted by Crippen LogP contribution is 2.24. The zero-order valence-corrected chi connectivity index (χ0v) is 12.9. The Labute approximate surface area is 123 Å². The smallest absolute Gasteiger partial charge is 0.278 e. The normalized spacial score (nSPS) is 18.6. The van der Waals surface area contributed by atoms with Crippen LogP contribution in [0.2, 0.25) is 0 Å². The molecule has 0 unspecified atom stereocenters. The molecule has 0 radical (unpaired) electrons. The van der Waals surface area contributed by atoms with E-state index >= 15 is 0 Å². The van der Waals surface area contributed by atoms with Crippen molar-refractivity contribution in [2.75, 3.05) is 11.5 Å². The molecule has 8 heteroatoms. The molecule has 21 heavy (non-hydrogen) atoms. The van der Waals surface area contributed by atoms with E-state index in [1.54, 1.807) is 13.8 Å². The van der Waals surface area contributed by atoms with Crippen LogP contribution in [0.25, 0.3) is 0 Å². The number of nitrogens with zero attached hydrogens (tertiary/aromatic N) is 2. The largest absolute Gasteiger partial charge is 0.308 e. The summed E-state index contributed by atoms with van der Waals surface area (Å²) in [7, 11) is -2.88. The minimum Gasteiger partial charge on any atom is -0.308 e. The van der Waals surface area contributed by atoms with Crippen molar-refractivity contribution in [2.45, 2.75) is 39.3 Å². The Morgan fingerprint density at radius 3 is 2.57 bits per heavy atom. The summed E-state index contributed by atoms with van der Waals surface area (Å²) in [6.45, 7) is 3.78. The lowest BCUT2D eigenvalue weighted by atomic mass is 10.1. The van der Waals surface area contributed by atoms with Crippen LogP contribution in [-0.2, 0) is 16.4 Å². The third-order valence-electron chi connectivity index (χ3n) is 3.87. The number of hydrogen-bond acceptors (Lipinski definition) is 6. The van der Waals surface area contributed by atoms with E-state index in [1.165, 1.54) is 6.20 Å². The van der Waals surface area contributed by atoms with Crippen molar-refractivity contribution in [3.8, 4) is 0 Å². The molecule has 0 spiro atoms. The van der Waals surface area contributed by atoms with Crippen molar-refractivity contribution in [1.82, 2.24) is 10.3 Å². The summed E-state index contributed by atoms with van der Waals surface area (Å²) in [4.78, 5) is 14.9. The van der Waals surface area contributed by atoms with E-state index in [1.807, 2.05) is 0 Å². The summed E-state index contributed by atoms with van der Waals surface area (Å²) in [5, 5.41) is 14.3. The molecule has 1 N–H and O–H groups in total. The molecule has 1 fully saturated rings. The number of nitrogens with one attached hydrogen (secondary N) is 1. The van der Waals surface area contributed by atoms with Crippen LogP contribution in [0.3, 0.4) is 0 Å². The third kappa shape index (κ3) is 3.76. The molecule has 1 saturated heterocycles. The topological polar surface area (TPSA) is 102 Å². The monoisotopic (exact) mass is 313 g/mol. The molecule has 0 aliphatic carbocycles. The van der Waals surface area contributed by atoms with E-state index in [9.17, 15) is 18.5 Å². The highest BCUT2D eigenvalue weighted by atomic mass is 32.2. The highest BCUT2D eigenvalue weighted by molar-refractivity contribution is 7.91. The standard InChI is InChI=1S/C13H19N3O4S/c1-9-7-15-12(10(2)13(9)16(17)18)8-14-11-3-5-21(19,20)6-4-11/h7,11,14H,3-6,8H2,1-2H3. The molecule has 2 heterocycles. The van der Waals surface area contributed by atoms with E-state index in [4.69, 9.17) is 0 Å². The van der Waals surface area contributed by atoms with E-state index in [2.05, 4.69) is 10.3 Å². The predicted octanol–water partition coefficient (Wildman–Crippen LogP) is 1.27. The fourth-order valence-corrected chi connectivity index (χ4v) is 4.05. The SMILES string of the molecule is Cc1cnc(CNC2CCS(=O)(=O)CC2)c(C)c1[N+](=O)[O-]. The van der Waals surface area contributed by atoms with Crippen molar-refractivity contribution in [3.63, 3.8) is 0 Å². The van der Waals surface area contributed by atoms with Crippen LogP contribution in [0.4, 0.5) is 5.69 Å². The maximum Gasteiger partial charge on any atom is 0.278 e. The predicted molar refractivity (Wildman–Crippen MR) is 78.9 cm³/mol. The molecular weight excluding hydrogens is 294 g/mol. The second kappa shape index (κ2) is 6.07. The number of nitro groups is 1. The first kappa shape index (κ1) is 15.8. The molecule has 1 aromatic rings. The summed E-state index contributed by atoms with van der Waals surface area (Å²) < 4.78 is 22.7. The van der Waals surface area contributed by atoms with Gasteiger partial charge in [-0.3, -0.25) is 15.1 Å². The molecule has 0 atom stereocenters.